The molecule has 0 spiro atoms. The Balaban J connectivity index is 2.02. The number of nitrogens with zero attached hydrogens (tertiary/aromatic N) is 3. The number of sulfone groups is 1. The number of guanidine groups is 1. The summed E-state index contributed by atoms with van der Waals surface area (Å²) in [6.07, 6.45) is 2.40. The molecule has 2 heterocycles. The third-order valence-electron chi connectivity index (χ3n) is 3.61. The highest BCUT2D eigenvalue weighted by Crippen LogP contribution is 2.12. The van der Waals surface area contributed by atoms with Crippen LogP contribution in [-0.2, 0) is 16.4 Å². The first-order chi connectivity index (χ1) is 10.9. The first-order valence-corrected chi connectivity index (χ1v) is 9.59. The van der Waals surface area contributed by atoms with E-state index in [9.17, 15) is 8.42 Å². The SMILES string of the molecule is CCNC(=NCc1ccnc(N(C)C)c1)NC1CCS(=O)(=O)C1. The molecule has 1 aromatic heterocycles. The molecule has 7 nitrogen and oxygen atoms in total. The number of pyridine rings is 1. The summed E-state index contributed by atoms with van der Waals surface area (Å²) in [5.74, 6) is 1.97. The van der Waals surface area contributed by atoms with Crippen molar-refractivity contribution in [3.63, 3.8) is 0 Å². The second-order valence-electron chi connectivity index (χ2n) is 5.86. The predicted octanol–water partition coefficient (Wildman–Crippen LogP) is 0.390. The van der Waals surface area contributed by atoms with Crippen LogP contribution in [0.3, 0.4) is 0 Å². The Morgan fingerprint density at radius 2 is 2.26 bits per heavy atom. The molecular weight excluding hydrogens is 314 g/mol. The van der Waals surface area contributed by atoms with Crippen molar-refractivity contribution in [1.82, 2.24) is 15.6 Å². The van der Waals surface area contributed by atoms with Crippen molar-refractivity contribution in [3.8, 4) is 0 Å². The zero-order valence-electron chi connectivity index (χ0n) is 13.9. The minimum atomic E-state index is -2.90. The Kier molecular flexibility index (Phi) is 5.81. The van der Waals surface area contributed by atoms with E-state index < -0.39 is 9.84 Å². The first-order valence-electron chi connectivity index (χ1n) is 7.77. The Morgan fingerprint density at radius 3 is 2.87 bits per heavy atom. The maximum Gasteiger partial charge on any atom is 0.191 e. The fourth-order valence-corrected chi connectivity index (χ4v) is 4.07. The monoisotopic (exact) mass is 339 g/mol. The lowest BCUT2D eigenvalue weighted by atomic mass is 10.2. The van der Waals surface area contributed by atoms with Gasteiger partial charge >= 0.3 is 0 Å². The van der Waals surface area contributed by atoms with Crippen molar-refractivity contribution >= 4 is 21.6 Å². The van der Waals surface area contributed by atoms with E-state index in [1.807, 2.05) is 38.1 Å². The number of aliphatic imine (C=N–C) groups is 1. The summed E-state index contributed by atoms with van der Waals surface area (Å²) in [5, 5.41) is 6.38. The van der Waals surface area contributed by atoms with E-state index in [0.717, 1.165) is 17.9 Å². The lowest BCUT2D eigenvalue weighted by Crippen LogP contribution is -2.44. The van der Waals surface area contributed by atoms with E-state index in [1.165, 1.54) is 0 Å². The van der Waals surface area contributed by atoms with Gasteiger partial charge in [0.2, 0.25) is 0 Å². The molecule has 8 heteroatoms. The van der Waals surface area contributed by atoms with Crippen molar-refractivity contribution < 1.29 is 8.42 Å². The third kappa shape index (κ3) is 5.38. The summed E-state index contributed by atoms with van der Waals surface area (Å²) in [6.45, 7) is 3.22. The molecule has 0 aromatic carbocycles. The van der Waals surface area contributed by atoms with Gasteiger partial charge in [0.1, 0.15) is 5.82 Å². The van der Waals surface area contributed by atoms with Gasteiger partial charge < -0.3 is 15.5 Å². The Hall–Kier alpha value is -1.83. The van der Waals surface area contributed by atoms with E-state index in [4.69, 9.17) is 0 Å². The molecule has 0 amide bonds. The van der Waals surface area contributed by atoms with Gasteiger partial charge in [0.25, 0.3) is 0 Å². The van der Waals surface area contributed by atoms with Crippen LogP contribution in [0.2, 0.25) is 0 Å². The molecule has 1 fully saturated rings. The molecule has 1 atom stereocenters. The Morgan fingerprint density at radius 1 is 1.48 bits per heavy atom. The molecule has 1 aromatic rings. The van der Waals surface area contributed by atoms with Crippen molar-refractivity contribution in [3.05, 3.63) is 23.9 Å². The van der Waals surface area contributed by atoms with Crippen LogP contribution < -0.4 is 15.5 Å². The Bertz CT molecular complexity index is 658. The highest BCUT2D eigenvalue weighted by atomic mass is 32.2. The molecule has 0 aliphatic carbocycles. The molecule has 1 unspecified atom stereocenters. The molecule has 23 heavy (non-hydrogen) atoms. The van der Waals surface area contributed by atoms with E-state index in [0.29, 0.717) is 18.9 Å². The summed E-state index contributed by atoms with van der Waals surface area (Å²) in [5.41, 5.74) is 1.06. The molecule has 2 N–H and O–H groups in total. The fourth-order valence-electron chi connectivity index (χ4n) is 2.40. The van der Waals surface area contributed by atoms with Crippen molar-refractivity contribution in [2.24, 2.45) is 4.99 Å². The second kappa shape index (κ2) is 7.63. The predicted molar refractivity (Wildman–Crippen MR) is 93.6 cm³/mol. The van der Waals surface area contributed by atoms with Crippen molar-refractivity contribution in [2.45, 2.75) is 25.9 Å². The van der Waals surface area contributed by atoms with Gasteiger partial charge in [-0.05, 0) is 31.0 Å². The van der Waals surface area contributed by atoms with Gasteiger partial charge in [-0.15, -0.1) is 0 Å². The number of hydrogen-bond donors (Lipinski definition) is 2. The molecule has 2 rings (SSSR count). The summed E-state index contributed by atoms with van der Waals surface area (Å²) in [4.78, 5) is 10.8. The largest absolute Gasteiger partial charge is 0.363 e. The van der Waals surface area contributed by atoms with Gasteiger partial charge in [0.05, 0.1) is 18.1 Å². The minimum Gasteiger partial charge on any atom is -0.363 e. The Labute approximate surface area is 138 Å². The van der Waals surface area contributed by atoms with Crippen LogP contribution in [-0.4, -0.2) is 57.5 Å². The zero-order valence-corrected chi connectivity index (χ0v) is 14.7. The highest BCUT2D eigenvalue weighted by Gasteiger charge is 2.28. The number of aromatic nitrogens is 1. The molecule has 1 aliphatic rings. The maximum absolute atomic E-state index is 11.5. The number of anilines is 1. The fraction of sp³-hybridized carbons (Fsp3) is 0.600. The van der Waals surface area contributed by atoms with Gasteiger partial charge in [-0.2, -0.15) is 0 Å². The van der Waals surface area contributed by atoms with Crippen molar-refractivity contribution in [1.29, 1.82) is 0 Å². The van der Waals surface area contributed by atoms with Crippen LogP contribution in [0.4, 0.5) is 5.82 Å². The second-order valence-corrected chi connectivity index (χ2v) is 8.08. The van der Waals surface area contributed by atoms with E-state index >= 15 is 0 Å². The van der Waals surface area contributed by atoms with Gasteiger partial charge in [0, 0.05) is 32.9 Å². The highest BCUT2D eigenvalue weighted by molar-refractivity contribution is 7.91. The lowest BCUT2D eigenvalue weighted by molar-refractivity contribution is 0.599. The van der Waals surface area contributed by atoms with E-state index in [1.54, 1.807) is 6.20 Å². The molecule has 1 aliphatic heterocycles. The normalized spacial score (nSPS) is 20.3. The molecule has 128 valence electrons. The topological polar surface area (TPSA) is 86.7 Å². The quantitative estimate of drug-likeness (QED) is 0.596. The molecule has 1 saturated heterocycles. The van der Waals surface area contributed by atoms with E-state index in [2.05, 4.69) is 20.6 Å². The van der Waals surface area contributed by atoms with Gasteiger partial charge in [-0.25, -0.2) is 18.4 Å². The standard InChI is InChI=1S/C15H25N5O2S/c1-4-16-15(19-13-6-8-23(21,22)11-13)18-10-12-5-7-17-14(9-12)20(2)3/h5,7,9,13H,4,6,8,10-11H2,1-3H3,(H2,16,18,19). The number of nitrogens with one attached hydrogen (secondary N) is 2. The smallest absolute Gasteiger partial charge is 0.191 e. The number of rotatable bonds is 5. The third-order valence-corrected chi connectivity index (χ3v) is 5.37. The summed E-state index contributed by atoms with van der Waals surface area (Å²) in [7, 11) is 0.995. The van der Waals surface area contributed by atoms with Crippen LogP contribution in [0.15, 0.2) is 23.3 Å². The first kappa shape index (κ1) is 17.5. The summed E-state index contributed by atoms with van der Waals surface area (Å²) in [6, 6.07) is 3.86. The number of hydrogen-bond acceptors (Lipinski definition) is 5. The van der Waals surface area contributed by atoms with Gasteiger partial charge in [-0.1, -0.05) is 0 Å². The lowest BCUT2D eigenvalue weighted by Gasteiger charge is -2.16. The van der Waals surface area contributed by atoms with Gasteiger partial charge in [-0.3, -0.25) is 0 Å². The van der Waals surface area contributed by atoms with Crippen molar-refractivity contribution in [2.75, 3.05) is 37.0 Å². The van der Waals surface area contributed by atoms with Gasteiger partial charge in [0.15, 0.2) is 15.8 Å². The van der Waals surface area contributed by atoms with Crippen LogP contribution in [0.25, 0.3) is 0 Å². The van der Waals surface area contributed by atoms with E-state index in [-0.39, 0.29) is 17.5 Å². The molecule has 0 saturated carbocycles. The molecular formula is C15H25N5O2S. The summed E-state index contributed by atoms with van der Waals surface area (Å²) < 4.78 is 23.1. The van der Waals surface area contributed by atoms with Crippen LogP contribution in [0, 0.1) is 0 Å². The zero-order chi connectivity index (χ0) is 16.9. The molecule has 0 radical (unpaired) electrons. The average Bonchev–Trinajstić information content (AvgIpc) is 2.84. The maximum atomic E-state index is 11.5. The average molecular weight is 339 g/mol. The van der Waals surface area contributed by atoms with Crippen LogP contribution in [0.5, 0.6) is 0 Å². The summed E-state index contributed by atoms with van der Waals surface area (Å²) >= 11 is 0. The molecule has 0 bridgehead atoms. The van der Waals surface area contributed by atoms with Crippen LogP contribution >= 0.6 is 0 Å². The minimum absolute atomic E-state index is 0.0624. The van der Waals surface area contributed by atoms with Crippen LogP contribution in [0.1, 0.15) is 18.9 Å².